The number of aromatic amines is 1. The lowest BCUT2D eigenvalue weighted by molar-refractivity contribution is 0.594. The third kappa shape index (κ3) is 1.43. The van der Waals surface area contributed by atoms with Gasteiger partial charge in [0.15, 0.2) is 0 Å². The van der Waals surface area contributed by atoms with Crippen LogP contribution in [0.25, 0.3) is 0 Å². The van der Waals surface area contributed by atoms with Gasteiger partial charge in [-0.1, -0.05) is 17.7 Å². The highest BCUT2D eigenvalue weighted by Crippen LogP contribution is 2.38. The first-order valence-corrected chi connectivity index (χ1v) is 5.60. The Hall–Kier alpha value is -1.35. The molecule has 0 fully saturated rings. The van der Waals surface area contributed by atoms with Gasteiger partial charge in [-0.2, -0.15) is 5.10 Å². The van der Waals surface area contributed by atoms with E-state index in [1.807, 2.05) is 0 Å². The summed E-state index contributed by atoms with van der Waals surface area (Å²) < 4.78 is 13.8. The van der Waals surface area contributed by atoms with Crippen LogP contribution >= 0.6 is 11.6 Å². The Morgan fingerprint density at radius 3 is 3.06 bits per heavy atom. The molecule has 0 amide bonds. The topological polar surface area (TPSA) is 28.7 Å². The lowest BCUT2D eigenvalue weighted by atomic mass is 9.94. The van der Waals surface area contributed by atoms with Gasteiger partial charge in [0.2, 0.25) is 0 Å². The summed E-state index contributed by atoms with van der Waals surface area (Å²) in [6.07, 6.45) is 3.66. The van der Waals surface area contributed by atoms with Gasteiger partial charge in [0, 0.05) is 22.2 Å². The van der Waals surface area contributed by atoms with E-state index in [2.05, 4.69) is 10.2 Å². The van der Waals surface area contributed by atoms with Crippen molar-refractivity contribution in [2.45, 2.75) is 18.8 Å². The minimum Gasteiger partial charge on any atom is -0.282 e. The fourth-order valence-corrected chi connectivity index (χ4v) is 2.53. The molecule has 2 aromatic rings. The van der Waals surface area contributed by atoms with Gasteiger partial charge in [-0.15, -0.1) is 0 Å². The highest BCUT2D eigenvalue weighted by Gasteiger charge is 2.27. The predicted octanol–water partition coefficient (Wildman–Crippen LogP) is 3.28. The summed E-state index contributed by atoms with van der Waals surface area (Å²) in [4.78, 5) is 0. The van der Waals surface area contributed by atoms with Crippen LogP contribution in [0.15, 0.2) is 24.4 Å². The van der Waals surface area contributed by atoms with Crippen molar-refractivity contribution in [3.05, 3.63) is 52.1 Å². The average Bonchev–Trinajstić information content (AvgIpc) is 2.80. The molecule has 0 radical (unpaired) electrons. The van der Waals surface area contributed by atoms with Gasteiger partial charge in [0.05, 0.1) is 6.20 Å². The molecule has 3 rings (SSSR count). The number of nitrogens with one attached hydrogen (secondary N) is 1. The van der Waals surface area contributed by atoms with Crippen LogP contribution in [0, 0.1) is 5.82 Å². The van der Waals surface area contributed by atoms with Crippen molar-refractivity contribution in [1.82, 2.24) is 10.2 Å². The van der Waals surface area contributed by atoms with E-state index in [0.717, 1.165) is 24.1 Å². The highest BCUT2D eigenvalue weighted by molar-refractivity contribution is 6.30. The fourth-order valence-electron chi connectivity index (χ4n) is 2.37. The summed E-state index contributed by atoms with van der Waals surface area (Å²) in [6, 6.07) is 4.87. The van der Waals surface area contributed by atoms with E-state index >= 15 is 0 Å². The monoisotopic (exact) mass is 236 g/mol. The van der Waals surface area contributed by atoms with Gasteiger partial charge in [-0.25, -0.2) is 4.39 Å². The second-order valence-electron chi connectivity index (χ2n) is 4.06. The Morgan fingerprint density at radius 1 is 1.38 bits per heavy atom. The van der Waals surface area contributed by atoms with Crippen LogP contribution in [-0.4, -0.2) is 10.2 Å². The Balaban J connectivity index is 2.06. The SMILES string of the molecule is Fc1cc(Cl)ccc1C1CCc2[nH]ncc21. The van der Waals surface area contributed by atoms with E-state index < -0.39 is 0 Å². The summed E-state index contributed by atoms with van der Waals surface area (Å²) in [5, 5.41) is 7.38. The van der Waals surface area contributed by atoms with Gasteiger partial charge in [-0.05, 0) is 30.5 Å². The van der Waals surface area contributed by atoms with Crippen LogP contribution in [0.3, 0.4) is 0 Å². The van der Waals surface area contributed by atoms with Crippen LogP contribution in [0.2, 0.25) is 5.02 Å². The van der Waals surface area contributed by atoms with Crippen molar-refractivity contribution < 1.29 is 4.39 Å². The molecule has 0 aliphatic heterocycles. The van der Waals surface area contributed by atoms with Crippen LogP contribution in [0.4, 0.5) is 4.39 Å². The molecule has 2 nitrogen and oxygen atoms in total. The molecule has 0 bridgehead atoms. The summed E-state index contributed by atoms with van der Waals surface area (Å²) in [5.41, 5.74) is 2.95. The third-order valence-electron chi connectivity index (χ3n) is 3.15. The van der Waals surface area contributed by atoms with Crippen LogP contribution in [0.1, 0.15) is 29.2 Å². The zero-order chi connectivity index (χ0) is 11.1. The van der Waals surface area contributed by atoms with Crippen molar-refractivity contribution in [3.63, 3.8) is 0 Å². The normalized spacial score (nSPS) is 18.8. The molecular weight excluding hydrogens is 227 g/mol. The lowest BCUT2D eigenvalue weighted by Gasteiger charge is -2.11. The molecule has 1 aliphatic carbocycles. The van der Waals surface area contributed by atoms with E-state index in [1.54, 1.807) is 18.3 Å². The number of fused-ring (bicyclic) bond motifs is 1. The van der Waals surface area contributed by atoms with Gasteiger partial charge in [0.1, 0.15) is 5.82 Å². The molecule has 1 heterocycles. The lowest BCUT2D eigenvalue weighted by Crippen LogP contribution is -1.98. The van der Waals surface area contributed by atoms with E-state index in [9.17, 15) is 4.39 Å². The van der Waals surface area contributed by atoms with Crippen molar-refractivity contribution in [2.75, 3.05) is 0 Å². The number of rotatable bonds is 1. The largest absolute Gasteiger partial charge is 0.282 e. The fraction of sp³-hybridized carbons (Fsp3) is 0.250. The Kier molecular flexibility index (Phi) is 2.21. The first-order valence-electron chi connectivity index (χ1n) is 5.23. The van der Waals surface area contributed by atoms with Crippen LogP contribution < -0.4 is 0 Å². The molecule has 16 heavy (non-hydrogen) atoms. The van der Waals surface area contributed by atoms with Gasteiger partial charge >= 0.3 is 0 Å². The van der Waals surface area contributed by atoms with Crippen molar-refractivity contribution in [1.29, 1.82) is 0 Å². The van der Waals surface area contributed by atoms with Gasteiger partial charge < -0.3 is 0 Å². The molecule has 4 heteroatoms. The number of hydrogen-bond donors (Lipinski definition) is 1. The van der Waals surface area contributed by atoms with Gasteiger partial charge in [-0.3, -0.25) is 5.10 Å². The Bertz CT molecular complexity index is 536. The number of halogens is 2. The molecule has 0 saturated heterocycles. The molecular formula is C12H10ClFN2. The number of aromatic nitrogens is 2. The molecule has 82 valence electrons. The maximum absolute atomic E-state index is 13.8. The summed E-state index contributed by atoms with van der Waals surface area (Å²) in [5.74, 6) is -0.113. The van der Waals surface area contributed by atoms with Crippen molar-refractivity contribution in [3.8, 4) is 0 Å². The van der Waals surface area contributed by atoms with E-state index in [-0.39, 0.29) is 11.7 Å². The summed E-state index contributed by atoms with van der Waals surface area (Å²) in [7, 11) is 0. The molecule has 0 saturated carbocycles. The number of benzene rings is 1. The molecule has 1 atom stereocenters. The Morgan fingerprint density at radius 2 is 2.25 bits per heavy atom. The second-order valence-corrected chi connectivity index (χ2v) is 4.50. The molecule has 1 aromatic carbocycles. The summed E-state index contributed by atoms with van der Waals surface area (Å²) >= 11 is 5.74. The number of nitrogens with zero attached hydrogens (tertiary/aromatic N) is 1. The maximum atomic E-state index is 13.8. The minimum atomic E-state index is -0.230. The first-order chi connectivity index (χ1) is 7.75. The highest BCUT2D eigenvalue weighted by atomic mass is 35.5. The van der Waals surface area contributed by atoms with E-state index in [0.29, 0.717) is 10.6 Å². The van der Waals surface area contributed by atoms with Crippen molar-refractivity contribution >= 4 is 11.6 Å². The zero-order valence-electron chi connectivity index (χ0n) is 8.50. The molecule has 1 N–H and O–H groups in total. The average molecular weight is 237 g/mol. The standard InChI is InChI=1S/C12H10ClFN2/c13-7-1-2-9(11(14)5-7)8-3-4-12-10(8)6-15-16-12/h1-2,5-6,8H,3-4H2,(H,15,16). The summed E-state index contributed by atoms with van der Waals surface area (Å²) in [6.45, 7) is 0. The molecule has 1 aliphatic rings. The maximum Gasteiger partial charge on any atom is 0.128 e. The third-order valence-corrected chi connectivity index (χ3v) is 3.38. The first kappa shape index (κ1) is 9.85. The predicted molar refractivity (Wildman–Crippen MR) is 60.2 cm³/mol. The molecule has 0 spiro atoms. The quantitative estimate of drug-likeness (QED) is 0.809. The van der Waals surface area contributed by atoms with Crippen LogP contribution in [0.5, 0.6) is 0 Å². The van der Waals surface area contributed by atoms with Gasteiger partial charge in [0.25, 0.3) is 0 Å². The van der Waals surface area contributed by atoms with Crippen LogP contribution in [-0.2, 0) is 6.42 Å². The smallest absolute Gasteiger partial charge is 0.128 e. The molecule has 1 aromatic heterocycles. The zero-order valence-corrected chi connectivity index (χ0v) is 9.26. The van der Waals surface area contributed by atoms with Crippen molar-refractivity contribution in [2.24, 2.45) is 0 Å². The number of hydrogen-bond acceptors (Lipinski definition) is 1. The number of aryl methyl sites for hydroxylation is 1. The second kappa shape index (κ2) is 3.59. The Labute approximate surface area is 97.4 Å². The number of H-pyrrole nitrogens is 1. The van der Waals surface area contributed by atoms with E-state index in [4.69, 9.17) is 11.6 Å². The minimum absolute atomic E-state index is 0.117. The molecule has 1 unspecified atom stereocenters. The van der Waals surface area contributed by atoms with E-state index in [1.165, 1.54) is 6.07 Å².